The zero-order valence-electron chi connectivity index (χ0n) is 12.7. The van der Waals surface area contributed by atoms with Crippen LogP contribution in [-0.4, -0.2) is 33.3 Å². The molecule has 0 aromatic heterocycles. The Kier molecular flexibility index (Phi) is 4.75. The lowest BCUT2D eigenvalue weighted by molar-refractivity contribution is 0.584. The fourth-order valence-electron chi connectivity index (χ4n) is 2.92. The van der Waals surface area contributed by atoms with Crippen molar-refractivity contribution in [1.82, 2.24) is 0 Å². The van der Waals surface area contributed by atoms with Gasteiger partial charge in [-0.25, -0.2) is 8.42 Å². The Bertz CT molecular complexity index is 790. The number of benzene rings is 2. The van der Waals surface area contributed by atoms with Crippen LogP contribution in [-0.2, 0) is 16.3 Å². The Morgan fingerprint density at radius 2 is 1.83 bits per heavy atom. The van der Waals surface area contributed by atoms with Gasteiger partial charge in [-0.05, 0) is 42.3 Å². The van der Waals surface area contributed by atoms with Gasteiger partial charge in [0.25, 0.3) is 0 Å². The molecular formula is C17H19BrN2O2S. The Morgan fingerprint density at radius 1 is 1.13 bits per heavy atom. The van der Waals surface area contributed by atoms with Crippen molar-refractivity contribution in [2.24, 2.45) is 5.73 Å². The van der Waals surface area contributed by atoms with E-state index in [1.54, 1.807) is 24.3 Å². The second kappa shape index (κ2) is 6.63. The molecule has 0 aliphatic carbocycles. The first-order chi connectivity index (χ1) is 11.0. The SMILES string of the molecule is NC1Cc2ccccc2N(CCS(=O)(=O)c2ccc(Br)cc2)C1. The summed E-state index contributed by atoms with van der Waals surface area (Å²) in [7, 11) is -3.30. The molecule has 6 heteroatoms. The minimum absolute atomic E-state index is 0.0419. The number of nitrogens with zero attached hydrogens (tertiary/aromatic N) is 1. The predicted octanol–water partition coefficient (Wildman–Crippen LogP) is 2.61. The molecule has 3 rings (SSSR count). The second-order valence-corrected chi connectivity index (χ2v) is 8.84. The summed E-state index contributed by atoms with van der Waals surface area (Å²) in [5, 5.41) is 0. The lowest BCUT2D eigenvalue weighted by atomic mass is 9.99. The first kappa shape index (κ1) is 16.5. The van der Waals surface area contributed by atoms with Gasteiger partial charge in [0.1, 0.15) is 0 Å². The molecule has 2 aromatic rings. The van der Waals surface area contributed by atoms with E-state index >= 15 is 0 Å². The van der Waals surface area contributed by atoms with Crippen molar-refractivity contribution >= 4 is 31.5 Å². The van der Waals surface area contributed by atoms with Crippen molar-refractivity contribution in [2.75, 3.05) is 23.7 Å². The van der Waals surface area contributed by atoms with Crippen LogP contribution < -0.4 is 10.6 Å². The first-order valence-corrected chi connectivity index (χ1v) is 9.97. The summed E-state index contributed by atoms with van der Waals surface area (Å²) >= 11 is 3.32. The van der Waals surface area contributed by atoms with Gasteiger partial charge < -0.3 is 10.6 Å². The number of para-hydroxylation sites is 1. The van der Waals surface area contributed by atoms with E-state index in [-0.39, 0.29) is 11.8 Å². The molecule has 1 atom stereocenters. The fourth-order valence-corrected chi connectivity index (χ4v) is 4.43. The monoisotopic (exact) mass is 394 g/mol. The highest BCUT2D eigenvalue weighted by Crippen LogP contribution is 2.26. The number of hydrogen-bond donors (Lipinski definition) is 1. The molecule has 0 bridgehead atoms. The Labute approximate surface area is 145 Å². The number of hydrogen-bond acceptors (Lipinski definition) is 4. The summed E-state index contributed by atoms with van der Waals surface area (Å²) in [6.07, 6.45) is 0.839. The molecule has 1 aliphatic heterocycles. The van der Waals surface area contributed by atoms with Crippen molar-refractivity contribution in [3.63, 3.8) is 0 Å². The highest BCUT2D eigenvalue weighted by Gasteiger charge is 2.23. The molecule has 0 radical (unpaired) electrons. The highest BCUT2D eigenvalue weighted by molar-refractivity contribution is 9.10. The van der Waals surface area contributed by atoms with Crippen molar-refractivity contribution in [2.45, 2.75) is 17.4 Å². The molecule has 4 nitrogen and oxygen atoms in total. The second-order valence-electron chi connectivity index (χ2n) is 5.81. The van der Waals surface area contributed by atoms with Crippen LogP contribution in [0.5, 0.6) is 0 Å². The van der Waals surface area contributed by atoms with Gasteiger partial charge in [0.2, 0.25) is 0 Å². The van der Waals surface area contributed by atoms with Gasteiger partial charge >= 0.3 is 0 Å². The summed E-state index contributed by atoms with van der Waals surface area (Å²) in [5.41, 5.74) is 8.40. The summed E-state index contributed by atoms with van der Waals surface area (Å²) in [4.78, 5) is 2.44. The number of rotatable bonds is 4. The maximum Gasteiger partial charge on any atom is 0.180 e. The molecule has 2 aromatic carbocycles. The lowest BCUT2D eigenvalue weighted by Crippen LogP contribution is -2.45. The van der Waals surface area contributed by atoms with Gasteiger partial charge in [-0.15, -0.1) is 0 Å². The molecule has 0 saturated heterocycles. The molecule has 0 saturated carbocycles. The predicted molar refractivity (Wildman–Crippen MR) is 96.5 cm³/mol. The Hall–Kier alpha value is -1.37. The van der Waals surface area contributed by atoms with Crippen molar-refractivity contribution < 1.29 is 8.42 Å². The number of anilines is 1. The average molecular weight is 395 g/mol. The molecule has 0 fully saturated rings. The minimum Gasteiger partial charge on any atom is -0.369 e. The fraction of sp³-hybridized carbons (Fsp3) is 0.294. The van der Waals surface area contributed by atoms with Gasteiger partial charge in [-0.2, -0.15) is 0 Å². The highest BCUT2D eigenvalue weighted by atomic mass is 79.9. The Morgan fingerprint density at radius 3 is 2.57 bits per heavy atom. The standard InChI is InChI=1S/C17H19BrN2O2S/c18-14-5-7-16(8-6-14)23(21,22)10-9-20-12-15(19)11-13-3-1-2-4-17(13)20/h1-8,15H,9-12,19H2. The normalized spacial score (nSPS) is 17.8. The van der Waals surface area contributed by atoms with Crippen LogP contribution >= 0.6 is 15.9 Å². The summed E-state index contributed by atoms with van der Waals surface area (Å²) in [5.74, 6) is 0.0791. The zero-order valence-corrected chi connectivity index (χ0v) is 15.1. The first-order valence-electron chi connectivity index (χ1n) is 7.52. The molecule has 1 unspecified atom stereocenters. The number of sulfone groups is 1. The third kappa shape index (κ3) is 3.76. The van der Waals surface area contributed by atoms with Crippen molar-refractivity contribution in [3.05, 3.63) is 58.6 Å². The van der Waals surface area contributed by atoms with Crippen LogP contribution in [0.2, 0.25) is 0 Å². The van der Waals surface area contributed by atoms with Crippen LogP contribution in [0.25, 0.3) is 0 Å². The van der Waals surface area contributed by atoms with E-state index in [4.69, 9.17) is 5.73 Å². The zero-order chi connectivity index (χ0) is 16.4. The smallest absolute Gasteiger partial charge is 0.180 e. The van der Waals surface area contributed by atoms with Crippen molar-refractivity contribution in [1.29, 1.82) is 0 Å². The van der Waals surface area contributed by atoms with Crippen LogP contribution in [0, 0.1) is 0 Å². The molecule has 1 aliphatic rings. The summed E-state index contributed by atoms with van der Waals surface area (Å²) < 4.78 is 25.9. The topological polar surface area (TPSA) is 63.4 Å². The van der Waals surface area contributed by atoms with Gasteiger partial charge in [0.05, 0.1) is 10.6 Å². The average Bonchev–Trinajstić information content (AvgIpc) is 2.53. The van der Waals surface area contributed by atoms with E-state index in [0.29, 0.717) is 18.0 Å². The molecule has 0 amide bonds. The van der Waals surface area contributed by atoms with Gasteiger partial charge in [0.15, 0.2) is 9.84 Å². The van der Waals surface area contributed by atoms with Gasteiger partial charge in [-0.1, -0.05) is 34.1 Å². The van der Waals surface area contributed by atoms with Crippen LogP contribution in [0.3, 0.4) is 0 Å². The van der Waals surface area contributed by atoms with E-state index in [9.17, 15) is 8.42 Å². The van der Waals surface area contributed by atoms with Crippen LogP contribution in [0.15, 0.2) is 57.9 Å². The number of fused-ring (bicyclic) bond motifs is 1. The van der Waals surface area contributed by atoms with E-state index in [1.807, 2.05) is 18.2 Å². The third-order valence-corrected chi connectivity index (χ3v) is 6.31. The van der Waals surface area contributed by atoms with E-state index in [0.717, 1.165) is 16.6 Å². The number of halogens is 1. The van der Waals surface area contributed by atoms with E-state index in [2.05, 4.69) is 26.9 Å². The molecule has 2 N–H and O–H groups in total. The maximum atomic E-state index is 12.5. The lowest BCUT2D eigenvalue weighted by Gasteiger charge is -2.34. The minimum atomic E-state index is -3.30. The summed E-state index contributed by atoms with van der Waals surface area (Å²) in [6, 6.07) is 14.9. The third-order valence-electron chi connectivity index (χ3n) is 4.07. The maximum absolute atomic E-state index is 12.5. The van der Waals surface area contributed by atoms with E-state index < -0.39 is 9.84 Å². The quantitative estimate of drug-likeness (QED) is 0.865. The molecule has 122 valence electrons. The summed E-state index contributed by atoms with van der Waals surface area (Å²) in [6.45, 7) is 1.13. The van der Waals surface area contributed by atoms with Crippen molar-refractivity contribution in [3.8, 4) is 0 Å². The largest absolute Gasteiger partial charge is 0.369 e. The molecule has 1 heterocycles. The molecule has 23 heavy (non-hydrogen) atoms. The molecular weight excluding hydrogens is 376 g/mol. The number of nitrogens with two attached hydrogens (primary N) is 1. The molecule has 0 spiro atoms. The Balaban J connectivity index is 1.76. The van der Waals surface area contributed by atoms with Crippen LogP contribution in [0.1, 0.15) is 5.56 Å². The van der Waals surface area contributed by atoms with Gasteiger partial charge in [0, 0.05) is 29.3 Å². The van der Waals surface area contributed by atoms with E-state index in [1.165, 1.54) is 5.56 Å². The van der Waals surface area contributed by atoms with Crippen LogP contribution in [0.4, 0.5) is 5.69 Å². The van der Waals surface area contributed by atoms with Gasteiger partial charge in [-0.3, -0.25) is 0 Å².